The first-order valence-corrected chi connectivity index (χ1v) is 5.15. The van der Waals surface area contributed by atoms with Crippen LogP contribution in [0.3, 0.4) is 0 Å². The fraction of sp³-hybridized carbons (Fsp3) is 0.750. The number of carbonyl (C=O) groups is 2. The predicted molar refractivity (Wildman–Crippen MR) is 47.6 cm³/mol. The fourth-order valence-corrected chi connectivity index (χ4v) is 0.929. The second-order valence-electron chi connectivity index (χ2n) is 4.00. The van der Waals surface area contributed by atoms with Gasteiger partial charge in [-0.1, -0.05) is 0 Å². The van der Waals surface area contributed by atoms with Crippen LogP contribution < -0.4 is 10.2 Å². The second-order valence-corrected chi connectivity index (χ2v) is 4.00. The summed E-state index contributed by atoms with van der Waals surface area (Å²) >= 11 is 0. The number of rotatable bonds is 6. The minimum absolute atomic E-state index is 0. The van der Waals surface area contributed by atoms with Crippen LogP contribution in [0.5, 0.6) is 0 Å². The molecule has 0 fully saturated rings. The monoisotopic (exact) mass is 460 g/mol. The maximum Gasteiger partial charge on any atom is 2.00 e. The van der Waals surface area contributed by atoms with E-state index in [-0.39, 0.29) is 37.7 Å². The number of carboxylic acid groups (broad SMARTS) is 2. The molecule has 0 aromatic rings. The standard InChI is InChI=1S/C8H2F12O6.Ca/c9-3(1(21)22,5(11,12)13)25-8(20,7(17,18)19)26-4(10,2(23)24)6(14,15)16;/h(H,21,22)(H,23,24);/q;+2/p-2. The SMILES string of the molecule is O=C([O-])C(F)(OC(F)(OC(F)(C(=O)[O-])C(F)(F)F)C(F)(F)F)C(F)(F)F.[Ca+2]. The van der Waals surface area contributed by atoms with Gasteiger partial charge in [0, 0.05) is 0 Å². The summed E-state index contributed by atoms with van der Waals surface area (Å²) in [6, 6.07) is -7.25. The summed E-state index contributed by atoms with van der Waals surface area (Å²) < 4.78 is 153. The Morgan fingerprint density at radius 1 is 0.556 bits per heavy atom. The Bertz CT molecular complexity index is 532. The average molecular weight is 460 g/mol. The van der Waals surface area contributed by atoms with Gasteiger partial charge in [-0.2, -0.15) is 52.7 Å². The normalized spacial score (nSPS) is 19.9. The van der Waals surface area contributed by atoms with E-state index in [1.54, 1.807) is 9.47 Å². The van der Waals surface area contributed by atoms with Crippen molar-refractivity contribution in [1.29, 1.82) is 0 Å². The van der Waals surface area contributed by atoms with Crippen molar-refractivity contribution >= 4 is 49.7 Å². The first kappa shape index (κ1) is 28.5. The molecule has 0 saturated heterocycles. The van der Waals surface area contributed by atoms with Gasteiger partial charge in [-0.3, -0.25) is 9.47 Å². The van der Waals surface area contributed by atoms with Crippen LogP contribution in [0.4, 0.5) is 52.7 Å². The van der Waals surface area contributed by atoms with E-state index in [9.17, 15) is 72.5 Å². The van der Waals surface area contributed by atoms with Gasteiger partial charge in [-0.05, 0) is 0 Å². The van der Waals surface area contributed by atoms with Gasteiger partial charge in [-0.25, -0.2) is 0 Å². The van der Waals surface area contributed by atoms with Crippen LogP contribution in [0.25, 0.3) is 0 Å². The Hall–Kier alpha value is -0.720. The van der Waals surface area contributed by atoms with Crippen LogP contribution in [0, 0.1) is 0 Å². The molecule has 0 spiro atoms. The maximum absolute atomic E-state index is 13.4. The number of hydrogen-bond acceptors (Lipinski definition) is 6. The van der Waals surface area contributed by atoms with Crippen LogP contribution in [-0.4, -0.2) is 86.0 Å². The molecule has 0 bridgehead atoms. The number of ether oxygens (including phenoxy) is 2. The first-order valence-electron chi connectivity index (χ1n) is 5.15. The Labute approximate surface area is 168 Å². The van der Waals surface area contributed by atoms with Crippen molar-refractivity contribution in [3.63, 3.8) is 0 Å². The smallest absolute Gasteiger partial charge is 0.544 e. The molecular weight excluding hydrogens is 460 g/mol. The van der Waals surface area contributed by atoms with Crippen molar-refractivity contribution in [2.24, 2.45) is 0 Å². The molecule has 0 rings (SSSR count). The summed E-state index contributed by atoms with van der Waals surface area (Å²) in [5.74, 6) is -22.4. The molecule has 0 aliphatic heterocycles. The average Bonchev–Trinajstić information content (AvgIpc) is 2.33. The molecule has 2 unspecified atom stereocenters. The second kappa shape index (κ2) is 7.96. The third-order valence-electron chi connectivity index (χ3n) is 2.14. The topological polar surface area (TPSA) is 98.7 Å². The number of carboxylic acids is 2. The van der Waals surface area contributed by atoms with Crippen LogP contribution in [0.2, 0.25) is 0 Å². The Morgan fingerprint density at radius 2 is 0.778 bits per heavy atom. The van der Waals surface area contributed by atoms with Gasteiger partial charge >= 0.3 is 74.0 Å². The van der Waals surface area contributed by atoms with Crippen LogP contribution in [0.1, 0.15) is 0 Å². The van der Waals surface area contributed by atoms with Gasteiger partial charge in [0.25, 0.3) is 0 Å². The van der Waals surface area contributed by atoms with E-state index >= 15 is 0 Å². The van der Waals surface area contributed by atoms with Crippen LogP contribution >= 0.6 is 0 Å². The molecule has 0 radical (unpaired) electrons. The van der Waals surface area contributed by atoms with Gasteiger partial charge < -0.3 is 19.8 Å². The zero-order valence-electron chi connectivity index (χ0n) is 11.7. The summed E-state index contributed by atoms with van der Waals surface area (Å²) in [4.78, 5) is 20.0. The minimum atomic E-state index is -7.40. The summed E-state index contributed by atoms with van der Waals surface area (Å²) in [7, 11) is 0. The quantitative estimate of drug-likeness (QED) is 0.309. The van der Waals surface area contributed by atoms with Crippen molar-refractivity contribution in [2.75, 3.05) is 0 Å². The molecule has 6 nitrogen and oxygen atoms in total. The number of aliphatic carboxylic acids is 2. The molecule has 0 N–H and O–H groups in total. The Kier molecular flexibility index (Phi) is 8.39. The van der Waals surface area contributed by atoms with Crippen molar-refractivity contribution in [2.45, 2.75) is 36.3 Å². The van der Waals surface area contributed by atoms with E-state index in [1.807, 2.05) is 0 Å². The van der Waals surface area contributed by atoms with Gasteiger partial charge in [0.05, 0.1) is 0 Å². The third-order valence-corrected chi connectivity index (χ3v) is 2.14. The molecule has 0 heterocycles. The predicted octanol–water partition coefficient (Wildman–Crippen LogP) is -0.220. The third kappa shape index (κ3) is 5.42. The summed E-state index contributed by atoms with van der Waals surface area (Å²) in [5.41, 5.74) is 0. The van der Waals surface area contributed by atoms with Crippen molar-refractivity contribution < 1.29 is 82.0 Å². The van der Waals surface area contributed by atoms with Gasteiger partial charge in [0.15, 0.2) is 0 Å². The zero-order chi connectivity index (χ0) is 21.6. The Balaban J connectivity index is 0. The van der Waals surface area contributed by atoms with E-state index < -0.39 is 48.2 Å². The fourth-order valence-electron chi connectivity index (χ4n) is 0.929. The molecule has 2 atom stereocenters. The van der Waals surface area contributed by atoms with E-state index in [0.29, 0.717) is 0 Å². The van der Waals surface area contributed by atoms with Crippen molar-refractivity contribution in [1.82, 2.24) is 0 Å². The molecule has 0 aromatic heterocycles. The van der Waals surface area contributed by atoms with Crippen molar-refractivity contribution in [3.8, 4) is 0 Å². The molecule has 0 aromatic carbocycles. The number of alkyl halides is 12. The van der Waals surface area contributed by atoms with Gasteiger partial charge in [0.2, 0.25) is 0 Å². The summed E-state index contributed by atoms with van der Waals surface area (Å²) in [6.07, 6.45) is -21.7. The number of carbonyl (C=O) groups excluding carboxylic acids is 2. The molecular formula is C8CaF12O6. The number of hydrogen-bond donors (Lipinski definition) is 0. The molecule has 0 aliphatic carbocycles. The molecule has 0 amide bonds. The first-order chi connectivity index (χ1) is 11.1. The minimum Gasteiger partial charge on any atom is -0.544 e. The molecule has 0 aliphatic rings. The van der Waals surface area contributed by atoms with Crippen molar-refractivity contribution in [3.05, 3.63) is 0 Å². The van der Waals surface area contributed by atoms with Crippen LogP contribution in [0.15, 0.2) is 0 Å². The van der Waals surface area contributed by atoms with E-state index in [2.05, 4.69) is 0 Å². The summed E-state index contributed by atoms with van der Waals surface area (Å²) in [6.45, 7) is 0. The van der Waals surface area contributed by atoms with Crippen LogP contribution in [-0.2, 0) is 19.1 Å². The molecule has 154 valence electrons. The van der Waals surface area contributed by atoms with Gasteiger partial charge in [0.1, 0.15) is 11.9 Å². The van der Waals surface area contributed by atoms with E-state index in [0.717, 1.165) is 0 Å². The maximum atomic E-state index is 13.4. The van der Waals surface area contributed by atoms with E-state index in [1.165, 1.54) is 0 Å². The largest absolute Gasteiger partial charge is 2.00 e. The zero-order valence-corrected chi connectivity index (χ0v) is 13.9. The molecule has 27 heavy (non-hydrogen) atoms. The molecule has 0 saturated carbocycles. The Morgan fingerprint density at radius 3 is 0.889 bits per heavy atom. The molecule has 19 heteroatoms. The van der Waals surface area contributed by atoms with E-state index in [4.69, 9.17) is 0 Å². The number of halogens is 12. The summed E-state index contributed by atoms with van der Waals surface area (Å²) in [5, 5.41) is 20.0. The van der Waals surface area contributed by atoms with Gasteiger partial charge in [-0.15, -0.1) is 0 Å².